The van der Waals surface area contributed by atoms with E-state index < -0.39 is 0 Å². The SMILES string of the molecule is [CH]1CCNC2(C1)CCCC2. The van der Waals surface area contributed by atoms with Gasteiger partial charge in [0.1, 0.15) is 0 Å². The molecule has 1 aliphatic carbocycles. The maximum Gasteiger partial charge on any atom is 0.0184 e. The molecule has 1 N–H and O–H groups in total. The van der Waals surface area contributed by atoms with Crippen LogP contribution < -0.4 is 5.32 Å². The molecule has 57 valence electrons. The Hall–Kier alpha value is -0.0400. The molecular formula is C9H16N. The molecule has 0 unspecified atom stereocenters. The molecule has 2 aliphatic rings. The van der Waals surface area contributed by atoms with Crippen LogP contribution in [0.1, 0.15) is 38.5 Å². The summed E-state index contributed by atoms with van der Waals surface area (Å²) in [4.78, 5) is 0. The maximum atomic E-state index is 3.66. The van der Waals surface area contributed by atoms with E-state index in [4.69, 9.17) is 0 Å². The molecule has 0 aromatic heterocycles. The van der Waals surface area contributed by atoms with Crippen LogP contribution in [-0.4, -0.2) is 12.1 Å². The second kappa shape index (κ2) is 2.54. The van der Waals surface area contributed by atoms with Crippen LogP contribution in [-0.2, 0) is 0 Å². The zero-order valence-corrected chi connectivity index (χ0v) is 6.53. The van der Waals surface area contributed by atoms with Crippen LogP contribution in [0.5, 0.6) is 0 Å². The Morgan fingerprint density at radius 2 is 2.00 bits per heavy atom. The second-order valence-corrected chi connectivity index (χ2v) is 3.70. The predicted molar refractivity (Wildman–Crippen MR) is 42.7 cm³/mol. The van der Waals surface area contributed by atoms with Gasteiger partial charge in [0.25, 0.3) is 0 Å². The number of hydrogen-bond acceptors (Lipinski definition) is 1. The van der Waals surface area contributed by atoms with Crippen LogP contribution in [0, 0.1) is 6.42 Å². The van der Waals surface area contributed by atoms with Crippen molar-refractivity contribution in [2.24, 2.45) is 0 Å². The first-order chi connectivity index (χ1) is 4.91. The Morgan fingerprint density at radius 1 is 1.20 bits per heavy atom. The molecule has 1 radical (unpaired) electrons. The van der Waals surface area contributed by atoms with Gasteiger partial charge in [-0.25, -0.2) is 0 Å². The van der Waals surface area contributed by atoms with E-state index in [-0.39, 0.29) is 0 Å². The summed E-state index contributed by atoms with van der Waals surface area (Å²) in [5.74, 6) is 0. The Kier molecular flexibility index (Phi) is 1.69. The molecule has 0 aromatic rings. The van der Waals surface area contributed by atoms with Gasteiger partial charge < -0.3 is 5.32 Å². The molecule has 1 heterocycles. The molecule has 1 saturated carbocycles. The number of nitrogens with one attached hydrogen (secondary N) is 1. The average molecular weight is 138 g/mol. The van der Waals surface area contributed by atoms with Crippen molar-refractivity contribution in [3.8, 4) is 0 Å². The van der Waals surface area contributed by atoms with Gasteiger partial charge in [-0.15, -0.1) is 0 Å². The topological polar surface area (TPSA) is 12.0 Å². The Labute approximate surface area is 63.2 Å². The van der Waals surface area contributed by atoms with E-state index in [1.54, 1.807) is 0 Å². The molecule has 0 amide bonds. The number of hydrogen-bond donors (Lipinski definition) is 1. The molecule has 1 saturated heterocycles. The van der Waals surface area contributed by atoms with Crippen LogP contribution in [0.15, 0.2) is 0 Å². The molecule has 2 rings (SSSR count). The monoisotopic (exact) mass is 138 g/mol. The summed E-state index contributed by atoms with van der Waals surface area (Å²) in [6.07, 6.45) is 10.8. The minimum absolute atomic E-state index is 0.568. The molecule has 0 aromatic carbocycles. The zero-order valence-electron chi connectivity index (χ0n) is 6.53. The third kappa shape index (κ3) is 1.07. The standard InChI is InChI=1S/C9H16N/c1-2-6-9(5-1)7-3-4-8-10-9/h3,10H,1-2,4-8H2. The first kappa shape index (κ1) is 6.66. The number of piperidine rings is 1. The first-order valence-corrected chi connectivity index (χ1v) is 4.48. The van der Waals surface area contributed by atoms with Crippen molar-refractivity contribution in [3.63, 3.8) is 0 Å². The van der Waals surface area contributed by atoms with E-state index in [0.29, 0.717) is 5.54 Å². The predicted octanol–water partition coefficient (Wildman–Crippen LogP) is 1.89. The summed E-state index contributed by atoms with van der Waals surface area (Å²) in [7, 11) is 0. The summed E-state index contributed by atoms with van der Waals surface area (Å²) in [5.41, 5.74) is 0.568. The summed E-state index contributed by atoms with van der Waals surface area (Å²) < 4.78 is 0. The van der Waals surface area contributed by atoms with Crippen molar-refractivity contribution in [1.29, 1.82) is 0 Å². The fourth-order valence-corrected chi connectivity index (χ4v) is 2.32. The molecule has 1 spiro atoms. The number of rotatable bonds is 0. The highest BCUT2D eigenvalue weighted by Gasteiger charge is 2.34. The van der Waals surface area contributed by atoms with Gasteiger partial charge in [-0.3, -0.25) is 0 Å². The summed E-state index contributed by atoms with van der Waals surface area (Å²) in [5, 5.41) is 3.66. The molecule has 2 fully saturated rings. The van der Waals surface area contributed by atoms with Gasteiger partial charge in [-0.2, -0.15) is 0 Å². The zero-order chi connectivity index (χ0) is 6.86. The average Bonchev–Trinajstić information content (AvgIpc) is 2.39. The largest absolute Gasteiger partial charge is 0.311 e. The van der Waals surface area contributed by atoms with Crippen LogP contribution in [0.2, 0.25) is 0 Å². The lowest BCUT2D eigenvalue weighted by molar-refractivity contribution is 0.298. The highest BCUT2D eigenvalue weighted by atomic mass is 15.0. The van der Waals surface area contributed by atoms with Gasteiger partial charge in [0.05, 0.1) is 0 Å². The van der Waals surface area contributed by atoms with E-state index >= 15 is 0 Å². The van der Waals surface area contributed by atoms with Crippen molar-refractivity contribution >= 4 is 0 Å². The van der Waals surface area contributed by atoms with E-state index in [2.05, 4.69) is 11.7 Å². The van der Waals surface area contributed by atoms with Crippen molar-refractivity contribution in [3.05, 3.63) is 6.42 Å². The minimum Gasteiger partial charge on any atom is -0.311 e. The van der Waals surface area contributed by atoms with Crippen LogP contribution in [0.3, 0.4) is 0 Å². The normalized spacial score (nSPS) is 31.2. The van der Waals surface area contributed by atoms with Gasteiger partial charge in [-0.05, 0) is 38.6 Å². The van der Waals surface area contributed by atoms with Crippen LogP contribution in [0.25, 0.3) is 0 Å². The highest BCUT2D eigenvalue weighted by Crippen LogP contribution is 2.35. The molecule has 0 bridgehead atoms. The fraction of sp³-hybridized carbons (Fsp3) is 0.889. The van der Waals surface area contributed by atoms with Gasteiger partial charge in [0.2, 0.25) is 0 Å². The maximum absolute atomic E-state index is 3.66. The third-order valence-corrected chi connectivity index (χ3v) is 2.94. The van der Waals surface area contributed by atoms with Crippen molar-refractivity contribution in [2.75, 3.05) is 6.54 Å². The smallest absolute Gasteiger partial charge is 0.0184 e. The first-order valence-electron chi connectivity index (χ1n) is 4.48. The van der Waals surface area contributed by atoms with E-state index in [1.807, 2.05) is 0 Å². The lowest BCUT2D eigenvalue weighted by atomic mass is 9.88. The lowest BCUT2D eigenvalue weighted by Crippen LogP contribution is -2.46. The molecular weight excluding hydrogens is 122 g/mol. The minimum atomic E-state index is 0.568. The van der Waals surface area contributed by atoms with Crippen molar-refractivity contribution in [1.82, 2.24) is 5.32 Å². The van der Waals surface area contributed by atoms with Gasteiger partial charge >= 0.3 is 0 Å². The van der Waals surface area contributed by atoms with Gasteiger partial charge in [0.15, 0.2) is 0 Å². The third-order valence-electron chi connectivity index (χ3n) is 2.94. The Balaban J connectivity index is 1.98. The van der Waals surface area contributed by atoms with E-state index in [9.17, 15) is 0 Å². The van der Waals surface area contributed by atoms with Crippen molar-refractivity contribution in [2.45, 2.75) is 44.1 Å². The Bertz CT molecular complexity index is 106. The lowest BCUT2D eigenvalue weighted by Gasteiger charge is -2.34. The fourth-order valence-electron chi connectivity index (χ4n) is 2.32. The quantitative estimate of drug-likeness (QED) is 0.539. The molecule has 10 heavy (non-hydrogen) atoms. The molecule has 1 heteroatoms. The van der Waals surface area contributed by atoms with E-state index in [0.717, 1.165) is 0 Å². The van der Waals surface area contributed by atoms with E-state index in [1.165, 1.54) is 45.1 Å². The highest BCUT2D eigenvalue weighted by molar-refractivity contribution is 4.99. The molecule has 1 nitrogen and oxygen atoms in total. The molecule has 0 atom stereocenters. The van der Waals surface area contributed by atoms with Crippen LogP contribution in [0.4, 0.5) is 0 Å². The summed E-state index contributed by atoms with van der Waals surface area (Å²) >= 11 is 0. The van der Waals surface area contributed by atoms with Gasteiger partial charge in [0, 0.05) is 5.54 Å². The van der Waals surface area contributed by atoms with Crippen LogP contribution >= 0.6 is 0 Å². The second-order valence-electron chi connectivity index (χ2n) is 3.70. The molecule has 1 aliphatic heterocycles. The van der Waals surface area contributed by atoms with Crippen molar-refractivity contribution < 1.29 is 0 Å². The van der Waals surface area contributed by atoms with Gasteiger partial charge in [-0.1, -0.05) is 12.8 Å². The summed E-state index contributed by atoms with van der Waals surface area (Å²) in [6.45, 7) is 1.22. The summed E-state index contributed by atoms with van der Waals surface area (Å²) in [6, 6.07) is 0. The Morgan fingerprint density at radius 3 is 2.60 bits per heavy atom.